The molecule has 1 aromatic rings. The third kappa shape index (κ3) is 1.81. The Hall–Kier alpha value is -1.65. The summed E-state index contributed by atoms with van der Waals surface area (Å²) in [6.45, 7) is 0. The number of carboxylic acids is 1. The minimum absolute atomic E-state index is 0.0768. The number of ether oxygens (including phenoxy) is 2. The number of rotatable bonds is 3. The summed E-state index contributed by atoms with van der Waals surface area (Å²) < 4.78 is 9.82. The van der Waals surface area contributed by atoms with Crippen molar-refractivity contribution in [2.75, 3.05) is 14.2 Å². The number of methoxy groups -OCH3 is 2. The molecule has 1 rings (SSSR count). The molecular weight excluding hydrogens is 183 g/mol. The molecule has 1 aromatic carbocycles. The predicted molar refractivity (Wildman–Crippen MR) is 51.9 cm³/mol. The van der Waals surface area contributed by atoms with E-state index in [2.05, 4.69) is 0 Å². The molecule has 0 bridgehead atoms. The van der Waals surface area contributed by atoms with Gasteiger partial charge in [-0.2, -0.15) is 0 Å². The normalized spacial score (nSPS) is 9.57. The lowest BCUT2D eigenvalue weighted by Gasteiger charge is -2.10. The summed E-state index contributed by atoms with van der Waals surface area (Å²) in [5.41, 5.74) is 0.368. The minimum atomic E-state index is -1.05. The quantitative estimate of drug-likeness (QED) is 0.694. The van der Waals surface area contributed by atoms with Crippen LogP contribution in [0.25, 0.3) is 0 Å². The van der Waals surface area contributed by atoms with Gasteiger partial charge in [0.1, 0.15) is 19.3 Å². The highest BCUT2D eigenvalue weighted by Crippen LogP contribution is 2.18. The number of carboxylic acid groups (broad SMARTS) is 1. The molecule has 72 valence electrons. The molecule has 5 heteroatoms. The topological polar surface area (TPSA) is 55.8 Å². The molecule has 0 heterocycles. The standard InChI is InChI=1S/C9H9BO4/c1-13-6-3-5(9(11)12)4-7(14-2)8(6)10/h3-4H,1-2H3,(H,11,12). The average Bonchev–Trinajstić information content (AvgIpc) is 2.17. The van der Waals surface area contributed by atoms with Crippen molar-refractivity contribution in [3.8, 4) is 11.5 Å². The van der Waals surface area contributed by atoms with Gasteiger partial charge in [0, 0.05) is 0 Å². The van der Waals surface area contributed by atoms with Crippen LogP contribution in [0.2, 0.25) is 0 Å². The average molecular weight is 192 g/mol. The van der Waals surface area contributed by atoms with E-state index in [0.717, 1.165) is 0 Å². The summed E-state index contributed by atoms with van der Waals surface area (Å²) in [7, 11) is 8.46. The molecule has 0 spiro atoms. The first-order valence-electron chi connectivity index (χ1n) is 3.85. The first kappa shape index (κ1) is 10.4. The molecule has 0 aromatic heterocycles. The molecule has 0 aliphatic carbocycles. The lowest BCUT2D eigenvalue weighted by Crippen LogP contribution is -2.13. The Balaban J connectivity index is 3.32. The van der Waals surface area contributed by atoms with Gasteiger partial charge >= 0.3 is 5.97 Å². The molecule has 2 radical (unpaired) electrons. The number of hydrogen-bond acceptors (Lipinski definition) is 3. The summed E-state index contributed by atoms with van der Waals surface area (Å²) in [4.78, 5) is 10.7. The first-order valence-corrected chi connectivity index (χ1v) is 3.85. The van der Waals surface area contributed by atoms with Crippen molar-refractivity contribution in [2.24, 2.45) is 0 Å². The zero-order valence-electron chi connectivity index (χ0n) is 7.90. The van der Waals surface area contributed by atoms with Crippen LogP contribution in [0, 0.1) is 0 Å². The fourth-order valence-electron chi connectivity index (χ4n) is 1.06. The molecule has 14 heavy (non-hydrogen) atoms. The maximum Gasteiger partial charge on any atom is 0.335 e. The van der Waals surface area contributed by atoms with E-state index in [9.17, 15) is 4.79 Å². The predicted octanol–water partition coefficient (Wildman–Crippen LogP) is 0.196. The van der Waals surface area contributed by atoms with E-state index in [1.807, 2.05) is 0 Å². The summed E-state index contributed by atoms with van der Waals surface area (Å²) in [5, 5.41) is 8.76. The second-order valence-corrected chi connectivity index (χ2v) is 2.60. The van der Waals surface area contributed by atoms with E-state index in [0.29, 0.717) is 17.0 Å². The second kappa shape index (κ2) is 4.04. The molecule has 0 fully saturated rings. The van der Waals surface area contributed by atoms with E-state index in [4.69, 9.17) is 22.4 Å². The molecule has 1 N–H and O–H groups in total. The molecule has 0 amide bonds. The molecule has 0 saturated heterocycles. The van der Waals surface area contributed by atoms with Gasteiger partial charge in [0.25, 0.3) is 0 Å². The van der Waals surface area contributed by atoms with Crippen LogP contribution in [-0.4, -0.2) is 33.1 Å². The number of benzene rings is 1. The lowest BCUT2D eigenvalue weighted by atomic mass is 9.92. The Morgan fingerprint density at radius 2 is 1.71 bits per heavy atom. The van der Waals surface area contributed by atoms with Crippen molar-refractivity contribution < 1.29 is 19.4 Å². The largest absolute Gasteiger partial charge is 0.497 e. The molecule has 0 unspecified atom stereocenters. The van der Waals surface area contributed by atoms with Crippen LogP contribution in [0.5, 0.6) is 11.5 Å². The first-order chi connectivity index (χ1) is 6.60. The summed E-state index contributed by atoms with van der Waals surface area (Å²) in [6, 6.07) is 2.69. The Morgan fingerprint density at radius 1 is 1.29 bits per heavy atom. The van der Waals surface area contributed by atoms with Crippen molar-refractivity contribution in [2.45, 2.75) is 0 Å². The number of aromatic carboxylic acids is 1. The SMILES string of the molecule is [B]c1c(OC)cc(C(=O)O)cc1OC. The lowest BCUT2D eigenvalue weighted by molar-refractivity contribution is 0.0696. The Morgan fingerprint density at radius 3 is 2.00 bits per heavy atom. The van der Waals surface area contributed by atoms with E-state index < -0.39 is 5.97 Å². The molecule has 0 aliphatic rings. The molecular formula is C9H9BO4. The highest BCUT2D eigenvalue weighted by molar-refractivity contribution is 6.36. The van der Waals surface area contributed by atoms with E-state index in [-0.39, 0.29) is 5.56 Å². The van der Waals surface area contributed by atoms with Gasteiger partial charge in [-0.05, 0) is 17.6 Å². The van der Waals surface area contributed by atoms with Crippen molar-refractivity contribution in [3.05, 3.63) is 17.7 Å². The Kier molecular flexibility index (Phi) is 3.01. The van der Waals surface area contributed by atoms with Gasteiger partial charge in [-0.3, -0.25) is 0 Å². The summed E-state index contributed by atoms with van der Waals surface area (Å²) >= 11 is 0. The Labute approximate surface area is 82.9 Å². The minimum Gasteiger partial charge on any atom is -0.497 e. The fourth-order valence-corrected chi connectivity index (χ4v) is 1.06. The van der Waals surface area contributed by atoms with Gasteiger partial charge in [0.05, 0.1) is 19.8 Å². The van der Waals surface area contributed by atoms with Gasteiger partial charge in [-0.1, -0.05) is 0 Å². The maximum atomic E-state index is 10.7. The number of hydrogen-bond donors (Lipinski definition) is 1. The van der Waals surface area contributed by atoms with Crippen LogP contribution in [-0.2, 0) is 0 Å². The van der Waals surface area contributed by atoms with Crippen LogP contribution in [0.1, 0.15) is 10.4 Å². The van der Waals surface area contributed by atoms with Crippen molar-refractivity contribution in [1.29, 1.82) is 0 Å². The highest BCUT2D eigenvalue weighted by Gasteiger charge is 2.11. The van der Waals surface area contributed by atoms with Gasteiger partial charge in [0.2, 0.25) is 0 Å². The Bertz CT molecular complexity index is 337. The molecule has 4 nitrogen and oxygen atoms in total. The van der Waals surface area contributed by atoms with E-state index >= 15 is 0 Å². The highest BCUT2D eigenvalue weighted by atomic mass is 16.5. The fraction of sp³-hybridized carbons (Fsp3) is 0.222. The van der Waals surface area contributed by atoms with Gasteiger partial charge in [0.15, 0.2) is 0 Å². The van der Waals surface area contributed by atoms with Crippen molar-refractivity contribution in [3.63, 3.8) is 0 Å². The second-order valence-electron chi connectivity index (χ2n) is 2.60. The molecule has 0 aliphatic heterocycles. The van der Waals surface area contributed by atoms with E-state index in [1.165, 1.54) is 26.4 Å². The monoisotopic (exact) mass is 192 g/mol. The number of carbonyl (C=O) groups is 1. The van der Waals surface area contributed by atoms with Crippen molar-refractivity contribution in [1.82, 2.24) is 0 Å². The summed E-state index contributed by atoms with van der Waals surface area (Å²) in [5.74, 6) is -0.467. The summed E-state index contributed by atoms with van der Waals surface area (Å²) in [6.07, 6.45) is 0. The van der Waals surface area contributed by atoms with Crippen LogP contribution < -0.4 is 14.9 Å². The third-order valence-electron chi connectivity index (χ3n) is 1.79. The molecule has 0 atom stereocenters. The van der Waals surface area contributed by atoms with Crippen LogP contribution in [0.3, 0.4) is 0 Å². The van der Waals surface area contributed by atoms with Crippen LogP contribution >= 0.6 is 0 Å². The third-order valence-corrected chi connectivity index (χ3v) is 1.79. The van der Waals surface area contributed by atoms with Crippen LogP contribution in [0.15, 0.2) is 12.1 Å². The van der Waals surface area contributed by atoms with Gasteiger partial charge in [-0.25, -0.2) is 4.79 Å². The zero-order valence-corrected chi connectivity index (χ0v) is 7.90. The molecule has 0 saturated carbocycles. The smallest absolute Gasteiger partial charge is 0.335 e. The van der Waals surface area contributed by atoms with Crippen LogP contribution in [0.4, 0.5) is 0 Å². The van der Waals surface area contributed by atoms with Gasteiger partial charge in [-0.15, -0.1) is 0 Å². The van der Waals surface area contributed by atoms with Crippen molar-refractivity contribution >= 4 is 19.3 Å². The van der Waals surface area contributed by atoms with E-state index in [1.54, 1.807) is 0 Å². The maximum absolute atomic E-state index is 10.7. The van der Waals surface area contributed by atoms with Gasteiger partial charge < -0.3 is 14.6 Å². The zero-order chi connectivity index (χ0) is 10.7.